The largest absolute Gasteiger partial charge is 0.396 e. The second-order valence-electron chi connectivity index (χ2n) is 5.61. The van der Waals surface area contributed by atoms with Crippen molar-refractivity contribution in [3.8, 4) is 0 Å². The van der Waals surface area contributed by atoms with Crippen molar-refractivity contribution in [3.05, 3.63) is 35.6 Å². The third-order valence-corrected chi connectivity index (χ3v) is 3.87. The zero-order valence-corrected chi connectivity index (χ0v) is 11.0. The van der Waals surface area contributed by atoms with Crippen LogP contribution < -0.4 is 5.32 Å². The molecule has 1 unspecified atom stereocenters. The Labute approximate surface area is 108 Å². The summed E-state index contributed by atoms with van der Waals surface area (Å²) in [5.41, 5.74) is 1.21. The van der Waals surface area contributed by atoms with E-state index in [4.69, 9.17) is 0 Å². The van der Waals surface area contributed by atoms with Crippen molar-refractivity contribution in [1.82, 2.24) is 5.32 Å². The van der Waals surface area contributed by atoms with E-state index >= 15 is 0 Å². The van der Waals surface area contributed by atoms with E-state index in [1.54, 1.807) is 12.1 Å². The monoisotopic (exact) mass is 251 g/mol. The Hall–Kier alpha value is -0.930. The quantitative estimate of drug-likeness (QED) is 0.780. The van der Waals surface area contributed by atoms with Gasteiger partial charge in [-0.05, 0) is 50.3 Å². The Morgan fingerprint density at radius 2 is 2.22 bits per heavy atom. The minimum Gasteiger partial charge on any atom is -0.396 e. The van der Waals surface area contributed by atoms with E-state index in [2.05, 4.69) is 12.2 Å². The molecule has 0 amide bonds. The van der Waals surface area contributed by atoms with Crippen molar-refractivity contribution >= 4 is 0 Å². The zero-order chi connectivity index (χ0) is 13.0. The van der Waals surface area contributed by atoms with Gasteiger partial charge in [-0.25, -0.2) is 4.39 Å². The molecule has 2 rings (SSSR count). The summed E-state index contributed by atoms with van der Waals surface area (Å²) in [4.78, 5) is 0. The number of nitrogens with one attached hydrogen (secondary N) is 1. The molecular weight excluding hydrogens is 229 g/mol. The van der Waals surface area contributed by atoms with Crippen LogP contribution >= 0.6 is 0 Å². The van der Waals surface area contributed by atoms with Crippen LogP contribution in [0, 0.1) is 11.2 Å². The lowest BCUT2D eigenvalue weighted by Crippen LogP contribution is -2.33. The van der Waals surface area contributed by atoms with E-state index in [1.165, 1.54) is 6.07 Å². The van der Waals surface area contributed by atoms with Gasteiger partial charge in [0, 0.05) is 24.6 Å². The highest BCUT2D eigenvalue weighted by molar-refractivity contribution is 5.16. The first kappa shape index (κ1) is 13.5. The van der Waals surface area contributed by atoms with Gasteiger partial charge in [-0.1, -0.05) is 12.1 Å². The highest BCUT2D eigenvalue weighted by Crippen LogP contribution is 2.44. The number of hydrogen-bond acceptors (Lipinski definition) is 2. The van der Waals surface area contributed by atoms with E-state index < -0.39 is 0 Å². The van der Waals surface area contributed by atoms with Gasteiger partial charge in [-0.2, -0.15) is 0 Å². The molecule has 1 aromatic carbocycles. The molecule has 1 saturated carbocycles. The first-order valence-electron chi connectivity index (χ1n) is 6.72. The summed E-state index contributed by atoms with van der Waals surface area (Å²) < 4.78 is 13.0. The standard InChI is InChI=1S/C15H22FNO/c1-12(17-10-15(11-18)7-8-15)5-6-13-3-2-4-14(16)9-13/h2-4,9,12,17-18H,5-8,10-11H2,1H3. The van der Waals surface area contributed by atoms with Crippen LogP contribution in [-0.4, -0.2) is 24.3 Å². The summed E-state index contributed by atoms with van der Waals surface area (Å²) in [7, 11) is 0. The minimum absolute atomic E-state index is 0.160. The molecule has 1 aliphatic rings. The third-order valence-electron chi connectivity index (χ3n) is 3.87. The Bertz CT molecular complexity index is 390. The molecule has 0 spiro atoms. The molecule has 18 heavy (non-hydrogen) atoms. The SMILES string of the molecule is CC(CCc1cccc(F)c1)NCC1(CO)CC1. The van der Waals surface area contributed by atoms with Gasteiger partial charge in [0.15, 0.2) is 0 Å². The van der Waals surface area contributed by atoms with Crippen molar-refractivity contribution in [2.45, 2.75) is 38.6 Å². The van der Waals surface area contributed by atoms with E-state index in [0.717, 1.165) is 37.8 Å². The normalized spacial score (nSPS) is 18.6. The number of aliphatic hydroxyl groups excluding tert-OH is 1. The number of hydrogen-bond donors (Lipinski definition) is 2. The van der Waals surface area contributed by atoms with E-state index in [1.807, 2.05) is 6.07 Å². The Kier molecular flexibility index (Phi) is 4.36. The molecule has 0 bridgehead atoms. The average molecular weight is 251 g/mol. The van der Waals surface area contributed by atoms with E-state index in [-0.39, 0.29) is 17.8 Å². The number of halogens is 1. The van der Waals surface area contributed by atoms with Crippen LogP contribution in [0.1, 0.15) is 31.7 Å². The van der Waals surface area contributed by atoms with Crippen LogP contribution in [0.3, 0.4) is 0 Å². The van der Waals surface area contributed by atoms with Gasteiger partial charge in [0.2, 0.25) is 0 Å². The highest BCUT2D eigenvalue weighted by atomic mass is 19.1. The van der Waals surface area contributed by atoms with Gasteiger partial charge in [0.05, 0.1) is 0 Å². The van der Waals surface area contributed by atoms with Crippen molar-refractivity contribution < 1.29 is 9.50 Å². The van der Waals surface area contributed by atoms with Gasteiger partial charge in [-0.15, -0.1) is 0 Å². The first-order valence-corrected chi connectivity index (χ1v) is 6.72. The predicted molar refractivity (Wildman–Crippen MR) is 70.9 cm³/mol. The molecule has 1 aliphatic carbocycles. The third kappa shape index (κ3) is 3.79. The molecule has 0 heterocycles. The number of aryl methyl sites for hydroxylation is 1. The molecule has 0 radical (unpaired) electrons. The van der Waals surface area contributed by atoms with E-state index in [9.17, 15) is 9.50 Å². The smallest absolute Gasteiger partial charge is 0.123 e. The molecule has 1 fully saturated rings. The van der Waals surface area contributed by atoms with Gasteiger partial charge in [0.1, 0.15) is 5.82 Å². The van der Waals surface area contributed by atoms with Crippen molar-refractivity contribution in [2.75, 3.05) is 13.2 Å². The number of rotatable bonds is 7. The second kappa shape index (κ2) is 5.81. The summed E-state index contributed by atoms with van der Waals surface area (Å²) in [6.45, 7) is 3.33. The molecule has 1 aromatic rings. The topological polar surface area (TPSA) is 32.3 Å². The molecule has 1 atom stereocenters. The van der Waals surface area contributed by atoms with Crippen LogP contribution in [0.4, 0.5) is 4.39 Å². The molecular formula is C15H22FNO. The summed E-state index contributed by atoms with van der Waals surface area (Å²) in [6.07, 6.45) is 4.14. The Morgan fingerprint density at radius 3 is 2.83 bits per heavy atom. The van der Waals surface area contributed by atoms with Crippen LogP contribution in [0.5, 0.6) is 0 Å². The van der Waals surface area contributed by atoms with Gasteiger partial charge < -0.3 is 10.4 Å². The Balaban J connectivity index is 1.70. The highest BCUT2D eigenvalue weighted by Gasteiger charge is 2.41. The molecule has 0 aliphatic heterocycles. The molecule has 3 heteroatoms. The van der Waals surface area contributed by atoms with Crippen molar-refractivity contribution in [3.63, 3.8) is 0 Å². The summed E-state index contributed by atoms with van der Waals surface area (Å²) >= 11 is 0. The van der Waals surface area contributed by atoms with Crippen LogP contribution in [-0.2, 0) is 6.42 Å². The maximum absolute atomic E-state index is 13.0. The second-order valence-corrected chi connectivity index (χ2v) is 5.61. The lowest BCUT2D eigenvalue weighted by Gasteiger charge is -2.18. The molecule has 0 aromatic heterocycles. The van der Waals surface area contributed by atoms with Crippen LogP contribution in [0.25, 0.3) is 0 Å². The fourth-order valence-electron chi connectivity index (χ4n) is 2.14. The fraction of sp³-hybridized carbons (Fsp3) is 0.600. The van der Waals surface area contributed by atoms with Crippen LogP contribution in [0.2, 0.25) is 0 Å². The minimum atomic E-state index is -0.162. The summed E-state index contributed by atoms with van der Waals surface area (Å²) in [6, 6.07) is 7.20. The fourth-order valence-corrected chi connectivity index (χ4v) is 2.14. The maximum atomic E-state index is 13.0. The van der Waals surface area contributed by atoms with Crippen molar-refractivity contribution in [1.29, 1.82) is 0 Å². The Morgan fingerprint density at radius 1 is 1.44 bits per heavy atom. The number of aliphatic hydroxyl groups is 1. The van der Waals surface area contributed by atoms with Crippen molar-refractivity contribution in [2.24, 2.45) is 5.41 Å². The molecule has 2 nitrogen and oxygen atoms in total. The van der Waals surface area contributed by atoms with Gasteiger partial charge in [0.25, 0.3) is 0 Å². The molecule has 100 valence electrons. The lowest BCUT2D eigenvalue weighted by atomic mass is 10.0. The van der Waals surface area contributed by atoms with E-state index in [0.29, 0.717) is 6.04 Å². The molecule has 2 N–H and O–H groups in total. The molecule has 0 saturated heterocycles. The zero-order valence-electron chi connectivity index (χ0n) is 11.0. The van der Waals surface area contributed by atoms with Crippen LogP contribution in [0.15, 0.2) is 24.3 Å². The average Bonchev–Trinajstić information content (AvgIpc) is 3.15. The summed E-state index contributed by atoms with van der Waals surface area (Å²) in [5, 5.41) is 12.7. The predicted octanol–water partition coefficient (Wildman–Crippen LogP) is 2.51. The lowest BCUT2D eigenvalue weighted by molar-refractivity contribution is 0.204. The van der Waals surface area contributed by atoms with Gasteiger partial charge in [-0.3, -0.25) is 0 Å². The van der Waals surface area contributed by atoms with Gasteiger partial charge >= 0.3 is 0 Å². The summed E-state index contributed by atoms with van der Waals surface area (Å²) in [5.74, 6) is -0.162. The first-order chi connectivity index (χ1) is 8.63. The maximum Gasteiger partial charge on any atom is 0.123 e. The number of benzene rings is 1.